The second kappa shape index (κ2) is 6.60. The molecule has 23 heavy (non-hydrogen) atoms. The molecule has 1 aromatic carbocycles. The number of carbonyl (C=O) groups excluding carboxylic acids is 1. The van der Waals surface area contributed by atoms with Crippen LogP contribution in [0.15, 0.2) is 30.5 Å². The van der Waals surface area contributed by atoms with Crippen molar-refractivity contribution >= 4 is 35.2 Å². The highest BCUT2D eigenvalue weighted by atomic mass is 32.2. The first-order valence-electron chi connectivity index (χ1n) is 6.98. The van der Waals surface area contributed by atoms with E-state index in [1.165, 1.54) is 12.7 Å². The zero-order chi connectivity index (χ0) is 16.4. The number of esters is 1. The van der Waals surface area contributed by atoms with Crippen LogP contribution in [0.3, 0.4) is 0 Å². The first-order valence-corrected chi connectivity index (χ1v) is 9.08. The van der Waals surface area contributed by atoms with E-state index in [4.69, 9.17) is 10.5 Å². The highest BCUT2D eigenvalue weighted by Gasteiger charge is 2.23. The van der Waals surface area contributed by atoms with Gasteiger partial charge in [0.05, 0.1) is 22.9 Å². The third-order valence-electron chi connectivity index (χ3n) is 3.59. The molecule has 1 aliphatic heterocycles. The van der Waals surface area contributed by atoms with Gasteiger partial charge in [-0.3, -0.25) is 0 Å². The Morgan fingerprint density at radius 1 is 1.43 bits per heavy atom. The maximum absolute atomic E-state index is 12.1. The van der Waals surface area contributed by atoms with Crippen LogP contribution >= 0.6 is 23.5 Å². The van der Waals surface area contributed by atoms with E-state index in [9.17, 15) is 10.1 Å². The number of nitrogens with zero attached hydrogens (tertiary/aromatic N) is 2. The predicted octanol–water partition coefficient (Wildman–Crippen LogP) is 3.20. The monoisotopic (exact) mass is 345 g/mol. The molecule has 0 bridgehead atoms. The number of rotatable bonds is 3. The SMILES string of the molecule is COC(=O)c1c(N)c(C#N)cn1-c1cccc(C2SCCS2)c1. The van der Waals surface area contributed by atoms with E-state index in [1.807, 2.05) is 47.8 Å². The molecule has 2 N–H and O–H groups in total. The number of thioether (sulfide) groups is 2. The lowest BCUT2D eigenvalue weighted by molar-refractivity contribution is 0.0593. The minimum atomic E-state index is -0.556. The van der Waals surface area contributed by atoms with Crippen molar-refractivity contribution < 1.29 is 9.53 Å². The Morgan fingerprint density at radius 2 is 2.17 bits per heavy atom. The van der Waals surface area contributed by atoms with Crippen molar-refractivity contribution in [1.29, 1.82) is 5.26 Å². The molecule has 1 saturated heterocycles. The lowest BCUT2D eigenvalue weighted by Crippen LogP contribution is -2.11. The van der Waals surface area contributed by atoms with Gasteiger partial charge in [0, 0.05) is 23.4 Å². The number of hydrogen-bond donors (Lipinski definition) is 1. The van der Waals surface area contributed by atoms with Gasteiger partial charge in [-0.25, -0.2) is 4.79 Å². The van der Waals surface area contributed by atoms with Crippen LogP contribution in [0.4, 0.5) is 5.69 Å². The van der Waals surface area contributed by atoms with Gasteiger partial charge in [0.1, 0.15) is 6.07 Å². The molecule has 3 rings (SSSR count). The van der Waals surface area contributed by atoms with Gasteiger partial charge in [-0.05, 0) is 17.7 Å². The number of anilines is 1. The molecule has 7 heteroatoms. The summed E-state index contributed by atoms with van der Waals surface area (Å²) in [4.78, 5) is 12.1. The molecule has 0 saturated carbocycles. The molecule has 0 radical (unpaired) electrons. The van der Waals surface area contributed by atoms with E-state index in [0.29, 0.717) is 4.58 Å². The van der Waals surface area contributed by atoms with Crippen molar-refractivity contribution in [2.75, 3.05) is 24.3 Å². The van der Waals surface area contributed by atoms with Crippen molar-refractivity contribution in [3.05, 3.63) is 47.3 Å². The van der Waals surface area contributed by atoms with Crippen LogP contribution in [0.5, 0.6) is 0 Å². The lowest BCUT2D eigenvalue weighted by atomic mass is 10.2. The fourth-order valence-corrected chi connectivity index (χ4v) is 5.33. The number of nitrogen functional groups attached to an aromatic ring is 1. The molecule has 0 amide bonds. The Bertz CT molecular complexity index is 789. The summed E-state index contributed by atoms with van der Waals surface area (Å²) in [6.07, 6.45) is 1.58. The number of methoxy groups -OCH3 is 1. The topological polar surface area (TPSA) is 81.0 Å². The Morgan fingerprint density at radius 3 is 2.83 bits per heavy atom. The maximum atomic E-state index is 12.1. The number of ether oxygens (including phenoxy) is 1. The largest absolute Gasteiger partial charge is 0.464 e. The summed E-state index contributed by atoms with van der Waals surface area (Å²) in [7, 11) is 1.30. The van der Waals surface area contributed by atoms with Gasteiger partial charge in [-0.1, -0.05) is 12.1 Å². The highest BCUT2D eigenvalue weighted by Crippen LogP contribution is 2.45. The molecule has 1 fully saturated rings. The predicted molar refractivity (Wildman–Crippen MR) is 93.9 cm³/mol. The summed E-state index contributed by atoms with van der Waals surface area (Å²) >= 11 is 3.82. The molecule has 118 valence electrons. The first-order chi connectivity index (χ1) is 11.2. The third-order valence-corrected chi connectivity index (χ3v) is 6.69. The van der Waals surface area contributed by atoms with Crippen LogP contribution in [0.25, 0.3) is 5.69 Å². The molecule has 2 heterocycles. The summed E-state index contributed by atoms with van der Waals surface area (Å²) in [6.45, 7) is 0. The number of aromatic nitrogens is 1. The van der Waals surface area contributed by atoms with Gasteiger partial charge in [0.2, 0.25) is 0 Å². The number of hydrogen-bond acceptors (Lipinski definition) is 6. The minimum absolute atomic E-state index is 0.148. The van der Waals surface area contributed by atoms with Crippen molar-refractivity contribution in [3.63, 3.8) is 0 Å². The average Bonchev–Trinajstić information content (AvgIpc) is 3.22. The average molecular weight is 345 g/mol. The van der Waals surface area contributed by atoms with Gasteiger partial charge in [-0.15, -0.1) is 23.5 Å². The second-order valence-electron chi connectivity index (χ2n) is 4.95. The Hall–Kier alpha value is -2.04. The van der Waals surface area contributed by atoms with Crippen molar-refractivity contribution in [1.82, 2.24) is 4.57 Å². The highest BCUT2D eigenvalue weighted by molar-refractivity contribution is 8.19. The van der Waals surface area contributed by atoms with Gasteiger partial charge in [0.15, 0.2) is 5.69 Å². The number of nitriles is 1. The van der Waals surface area contributed by atoms with Crippen molar-refractivity contribution in [2.24, 2.45) is 0 Å². The fourth-order valence-electron chi connectivity index (χ4n) is 2.49. The molecule has 1 aromatic heterocycles. The lowest BCUT2D eigenvalue weighted by Gasteiger charge is -2.13. The normalized spacial score (nSPS) is 14.6. The van der Waals surface area contributed by atoms with Crippen molar-refractivity contribution in [2.45, 2.75) is 4.58 Å². The maximum Gasteiger partial charge on any atom is 0.357 e. The standard InChI is InChI=1S/C16H15N3O2S2/c1-21-15(20)14-13(18)11(8-17)9-19(14)12-4-2-3-10(7-12)16-22-5-6-23-16/h2-4,7,9,16H,5-6,18H2,1H3. The zero-order valence-electron chi connectivity index (χ0n) is 12.5. The Kier molecular flexibility index (Phi) is 4.55. The number of nitrogens with two attached hydrogens (primary N) is 1. The van der Waals surface area contributed by atoms with Crippen molar-refractivity contribution in [3.8, 4) is 11.8 Å². The molecular weight excluding hydrogens is 330 g/mol. The molecule has 1 aliphatic rings. The van der Waals surface area contributed by atoms with E-state index in [1.54, 1.807) is 10.8 Å². The summed E-state index contributed by atoms with van der Waals surface area (Å²) in [5, 5.41) is 9.18. The van der Waals surface area contributed by atoms with E-state index in [-0.39, 0.29) is 16.9 Å². The Balaban J connectivity index is 2.09. The van der Waals surface area contributed by atoms with E-state index in [2.05, 4.69) is 6.07 Å². The smallest absolute Gasteiger partial charge is 0.357 e. The van der Waals surface area contributed by atoms with E-state index in [0.717, 1.165) is 17.2 Å². The quantitative estimate of drug-likeness (QED) is 0.861. The molecule has 0 aliphatic carbocycles. The molecular formula is C16H15N3O2S2. The van der Waals surface area contributed by atoms with Gasteiger partial charge >= 0.3 is 5.97 Å². The summed E-state index contributed by atoms with van der Waals surface area (Å²) in [5.41, 5.74) is 8.52. The fraction of sp³-hybridized carbons (Fsp3) is 0.250. The molecule has 5 nitrogen and oxygen atoms in total. The van der Waals surface area contributed by atoms with Crippen LogP contribution in [0.2, 0.25) is 0 Å². The van der Waals surface area contributed by atoms with Gasteiger partial charge in [0.25, 0.3) is 0 Å². The van der Waals surface area contributed by atoms with Gasteiger partial charge < -0.3 is 15.0 Å². The van der Waals surface area contributed by atoms with Crippen LogP contribution < -0.4 is 5.73 Å². The first kappa shape index (κ1) is 15.8. The molecule has 0 spiro atoms. The zero-order valence-corrected chi connectivity index (χ0v) is 14.1. The van der Waals surface area contributed by atoms with Crippen LogP contribution in [0.1, 0.15) is 26.2 Å². The van der Waals surface area contributed by atoms with Crippen LogP contribution in [-0.2, 0) is 4.74 Å². The second-order valence-corrected chi connectivity index (χ2v) is 7.67. The minimum Gasteiger partial charge on any atom is -0.464 e. The summed E-state index contributed by atoms with van der Waals surface area (Å²) in [5.74, 6) is 1.73. The van der Waals surface area contributed by atoms with Crippen LogP contribution in [0, 0.1) is 11.3 Å². The third kappa shape index (κ3) is 2.92. The van der Waals surface area contributed by atoms with E-state index >= 15 is 0 Å². The Labute approximate surface area is 142 Å². The summed E-state index contributed by atoms with van der Waals surface area (Å²) in [6, 6.07) is 9.96. The molecule has 0 atom stereocenters. The summed E-state index contributed by atoms with van der Waals surface area (Å²) < 4.78 is 6.84. The number of carbonyl (C=O) groups is 1. The molecule has 0 unspecified atom stereocenters. The van der Waals surface area contributed by atoms with Gasteiger partial charge in [-0.2, -0.15) is 5.26 Å². The molecule has 2 aromatic rings. The van der Waals surface area contributed by atoms with Crippen LogP contribution in [-0.4, -0.2) is 29.2 Å². The van der Waals surface area contributed by atoms with E-state index < -0.39 is 5.97 Å². The number of benzene rings is 1.